The molecule has 0 spiro atoms. The van der Waals surface area contributed by atoms with Crippen LogP contribution < -0.4 is 0 Å². The van der Waals surface area contributed by atoms with Crippen molar-refractivity contribution in [1.82, 2.24) is 24.3 Å². The summed E-state index contributed by atoms with van der Waals surface area (Å²) < 4.78 is 2.08. The van der Waals surface area contributed by atoms with Gasteiger partial charge in [-0.1, -0.05) is 13.0 Å². The van der Waals surface area contributed by atoms with Crippen molar-refractivity contribution < 1.29 is 0 Å². The summed E-state index contributed by atoms with van der Waals surface area (Å²) in [6, 6.07) is 6.09. The largest absolute Gasteiger partial charge is 0.307 e. The summed E-state index contributed by atoms with van der Waals surface area (Å²) in [6.07, 6.45) is 9.24. The Bertz CT molecular complexity index is 790. The van der Waals surface area contributed by atoms with Crippen molar-refractivity contribution in [3.63, 3.8) is 0 Å². The Labute approximate surface area is 136 Å². The highest BCUT2D eigenvalue weighted by molar-refractivity contribution is 5.39. The van der Waals surface area contributed by atoms with Gasteiger partial charge >= 0.3 is 0 Å². The van der Waals surface area contributed by atoms with Crippen LogP contribution in [-0.4, -0.2) is 30.8 Å². The van der Waals surface area contributed by atoms with E-state index in [1.165, 1.54) is 11.3 Å². The molecule has 3 aromatic heterocycles. The summed E-state index contributed by atoms with van der Waals surface area (Å²) >= 11 is 0. The van der Waals surface area contributed by atoms with E-state index < -0.39 is 0 Å². The first-order valence-corrected chi connectivity index (χ1v) is 8.30. The van der Waals surface area contributed by atoms with Crippen LogP contribution in [0.25, 0.3) is 5.65 Å². The van der Waals surface area contributed by atoms with Crippen molar-refractivity contribution in [2.45, 2.75) is 39.3 Å². The lowest BCUT2D eigenvalue weighted by Gasteiger charge is -2.27. The fraction of sp³-hybridized carbons (Fsp3) is 0.389. The second kappa shape index (κ2) is 6.08. The van der Waals surface area contributed by atoms with Crippen molar-refractivity contribution in [2.24, 2.45) is 0 Å². The number of imidazole rings is 1. The van der Waals surface area contributed by atoms with Gasteiger partial charge in [-0.15, -0.1) is 0 Å². The average Bonchev–Trinajstić information content (AvgIpc) is 2.97. The van der Waals surface area contributed by atoms with Gasteiger partial charge in [0.25, 0.3) is 0 Å². The number of fused-ring (bicyclic) bond motifs is 2. The molecule has 3 aromatic rings. The van der Waals surface area contributed by atoms with Crippen molar-refractivity contribution in [1.29, 1.82) is 0 Å². The van der Waals surface area contributed by atoms with Gasteiger partial charge < -0.3 is 4.40 Å². The Morgan fingerprint density at radius 1 is 1.22 bits per heavy atom. The summed E-state index contributed by atoms with van der Waals surface area (Å²) in [7, 11) is 0. The summed E-state index contributed by atoms with van der Waals surface area (Å²) in [5.74, 6) is 0.986. The molecule has 1 aliphatic heterocycles. The zero-order chi connectivity index (χ0) is 15.6. The average molecular weight is 307 g/mol. The number of pyridine rings is 1. The number of hydrogen-bond acceptors (Lipinski definition) is 4. The van der Waals surface area contributed by atoms with E-state index in [9.17, 15) is 0 Å². The van der Waals surface area contributed by atoms with Gasteiger partial charge in [-0.25, -0.2) is 15.0 Å². The van der Waals surface area contributed by atoms with E-state index in [1.807, 2.05) is 30.6 Å². The SMILES string of the molecule is CCCc1ncc2c(n1)CCN(Cc1cn3ccccc3n1)C2. The van der Waals surface area contributed by atoms with E-state index >= 15 is 0 Å². The molecule has 23 heavy (non-hydrogen) atoms. The minimum atomic E-state index is 0.873. The topological polar surface area (TPSA) is 46.3 Å². The molecule has 1 aliphatic rings. The first-order chi connectivity index (χ1) is 11.3. The molecule has 118 valence electrons. The Hall–Kier alpha value is -2.27. The fourth-order valence-corrected chi connectivity index (χ4v) is 3.19. The Balaban J connectivity index is 1.49. The van der Waals surface area contributed by atoms with Crippen LogP contribution in [0.1, 0.15) is 36.1 Å². The number of aryl methyl sites for hydroxylation is 1. The zero-order valence-corrected chi connectivity index (χ0v) is 13.4. The fourth-order valence-electron chi connectivity index (χ4n) is 3.19. The standard InChI is InChI=1S/C18H21N5/c1-2-5-17-19-10-14-11-22(9-7-16(14)21-17)12-15-13-23-8-4-3-6-18(23)20-15/h3-4,6,8,10,13H,2,5,7,9,11-12H2,1H3. The molecule has 0 saturated heterocycles. The number of hydrogen-bond donors (Lipinski definition) is 0. The molecule has 0 aromatic carbocycles. The summed E-state index contributed by atoms with van der Waals surface area (Å²) in [5.41, 5.74) is 4.62. The molecule has 0 atom stereocenters. The summed E-state index contributed by atoms with van der Waals surface area (Å²) in [6.45, 7) is 4.98. The molecule has 0 radical (unpaired) electrons. The maximum absolute atomic E-state index is 4.72. The number of aromatic nitrogens is 4. The van der Waals surface area contributed by atoms with E-state index in [0.29, 0.717) is 0 Å². The maximum atomic E-state index is 4.72. The molecule has 0 N–H and O–H groups in total. The van der Waals surface area contributed by atoms with Crippen LogP contribution in [0.15, 0.2) is 36.8 Å². The van der Waals surface area contributed by atoms with Gasteiger partial charge in [0.2, 0.25) is 0 Å². The highest BCUT2D eigenvalue weighted by atomic mass is 15.2. The predicted molar refractivity (Wildman–Crippen MR) is 89.0 cm³/mol. The van der Waals surface area contributed by atoms with Crippen LogP contribution in [0.2, 0.25) is 0 Å². The van der Waals surface area contributed by atoms with Gasteiger partial charge in [0.1, 0.15) is 11.5 Å². The Kier molecular flexibility index (Phi) is 3.79. The first-order valence-electron chi connectivity index (χ1n) is 8.30. The van der Waals surface area contributed by atoms with Gasteiger partial charge in [0.15, 0.2) is 0 Å². The van der Waals surface area contributed by atoms with Gasteiger partial charge in [-0.3, -0.25) is 4.90 Å². The monoisotopic (exact) mass is 307 g/mol. The van der Waals surface area contributed by atoms with Crippen LogP contribution in [-0.2, 0) is 25.9 Å². The second-order valence-corrected chi connectivity index (χ2v) is 6.17. The van der Waals surface area contributed by atoms with Crippen LogP contribution in [0.4, 0.5) is 0 Å². The van der Waals surface area contributed by atoms with Crippen LogP contribution >= 0.6 is 0 Å². The lowest BCUT2D eigenvalue weighted by molar-refractivity contribution is 0.240. The van der Waals surface area contributed by atoms with Crippen molar-refractivity contribution >= 4 is 5.65 Å². The molecule has 0 fully saturated rings. The number of rotatable bonds is 4. The van der Waals surface area contributed by atoms with E-state index in [2.05, 4.69) is 27.4 Å². The zero-order valence-electron chi connectivity index (χ0n) is 13.4. The third kappa shape index (κ3) is 2.97. The van der Waals surface area contributed by atoms with Crippen LogP contribution in [0.5, 0.6) is 0 Å². The molecule has 0 aliphatic carbocycles. The predicted octanol–water partition coefficient (Wildman–Crippen LogP) is 2.64. The molecular formula is C18H21N5. The normalized spacial score (nSPS) is 15.0. The van der Waals surface area contributed by atoms with Crippen molar-refractivity contribution in [2.75, 3.05) is 6.54 Å². The molecule has 0 unspecified atom stereocenters. The highest BCUT2D eigenvalue weighted by Gasteiger charge is 2.19. The second-order valence-electron chi connectivity index (χ2n) is 6.17. The van der Waals surface area contributed by atoms with Gasteiger partial charge in [0, 0.05) is 62.3 Å². The first kappa shape index (κ1) is 14.3. The molecular weight excluding hydrogens is 286 g/mol. The van der Waals surface area contributed by atoms with Crippen molar-refractivity contribution in [3.8, 4) is 0 Å². The summed E-state index contributed by atoms with van der Waals surface area (Å²) in [5, 5.41) is 0. The van der Waals surface area contributed by atoms with Crippen molar-refractivity contribution in [3.05, 3.63) is 59.6 Å². The molecule has 0 bridgehead atoms. The molecule has 4 heterocycles. The molecule has 5 nitrogen and oxygen atoms in total. The lowest BCUT2D eigenvalue weighted by Crippen LogP contribution is -2.31. The molecule has 4 rings (SSSR count). The minimum Gasteiger partial charge on any atom is -0.307 e. The van der Waals surface area contributed by atoms with Crippen LogP contribution in [0.3, 0.4) is 0 Å². The molecule has 0 amide bonds. The smallest absolute Gasteiger partial charge is 0.137 e. The lowest BCUT2D eigenvalue weighted by atomic mass is 10.1. The van der Waals surface area contributed by atoms with E-state index in [-0.39, 0.29) is 0 Å². The Morgan fingerprint density at radius 3 is 3.04 bits per heavy atom. The van der Waals surface area contributed by atoms with E-state index in [0.717, 1.165) is 56.1 Å². The highest BCUT2D eigenvalue weighted by Crippen LogP contribution is 2.19. The third-order valence-electron chi connectivity index (χ3n) is 4.34. The maximum Gasteiger partial charge on any atom is 0.137 e. The van der Waals surface area contributed by atoms with E-state index in [4.69, 9.17) is 9.97 Å². The van der Waals surface area contributed by atoms with Gasteiger partial charge in [-0.05, 0) is 18.6 Å². The van der Waals surface area contributed by atoms with Gasteiger partial charge in [0.05, 0.1) is 5.69 Å². The van der Waals surface area contributed by atoms with Gasteiger partial charge in [-0.2, -0.15) is 0 Å². The number of nitrogens with zero attached hydrogens (tertiary/aromatic N) is 5. The summed E-state index contributed by atoms with van der Waals surface area (Å²) in [4.78, 5) is 16.3. The Morgan fingerprint density at radius 2 is 2.17 bits per heavy atom. The minimum absolute atomic E-state index is 0.873. The van der Waals surface area contributed by atoms with Crippen LogP contribution in [0, 0.1) is 0 Å². The quantitative estimate of drug-likeness (QED) is 0.743. The van der Waals surface area contributed by atoms with E-state index in [1.54, 1.807) is 0 Å². The molecule has 5 heteroatoms. The third-order valence-corrected chi connectivity index (χ3v) is 4.34. The molecule has 0 saturated carbocycles.